The van der Waals surface area contributed by atoms with Crippen LogP contribution in [-0.4, -0.2) is 55.5 Å². The first kappa shape index (κ1) is 23.2. The average molecular weight is 460 g/mol. The first-order chi connectivity index (χ1) is 16.5. The van der Waals surface area contributed by atoms with E-state index in [2.05, 4.69) is 56.9 Å². The molecule has 0 bridgehead atoms. The van der Waals surface area contributed by atoms with Gasteiger partial charge in [0.25, 0.3) is 0 Å². The number of unbranched alkanes of at least 4 members (excludes halogenated alkanes) is 1. The van der Waals surface area contributed by atoms with Gasteiger partial charge in [-0.2, -0.15) is 10.3 Å². The van der Waals surface area contributed by atoms with E-state index in [4.69, 9.17) is 4.74 Å². The number of tetrazole rings is 1. The van der Waals surface area contributed by atoms with Crippen LogP contribution in [-0.2, 0) is 19.9 Å². The summed E-state index contributed by atoms with van der Waals surface area (Å²) in [6.07, 6.45) is 3.14. The molecule has 1 N–H and O–H groups in total. The third-order valence-corrected chi connectivity index (χ3v) is 5.65. The summed E-state index contributed by atoms with van der Waals surface area (Å²) in [5.74, 6) is 1.05. The molecule has 4 rings (SSSR count). The second kappa shape index (κ2) is 10.3. The Kier molecular flexibility index (Phi) is 7.01. The highest BCUT2D eigenvalue weighted by atomic mass is 16.6. The van der Waals surface area contributed by atoms with E-state index >= 15 is 0 Å². The highest BCUT2D eigenvalue weighted by Gasteiger charge is 2.21. The van der Waals surface area contributed by atoms with E-state index in [1.807, 2.05) is 31.3 Å². The zero-order valence-corrected chi connectivity index (χ0v) is 19.9. The Labute approximate surface area is 198 Å². The van der Waals surface area contributed by atoms with Gasteiger partial charge in [0.1, 0.15) is 0 Å². The molecule has 4 aromatic rings. The molecule has 34 heavy (non-hydrogen) atoms. The van der Waals surface area contributed by atoms with Crippen LogP contribution in [0.25, 0.3) is 22.5 Å². The fourth-order valence-corrected chi connectivity index (χ4v) is 3.84. The molecule has 0 saturated heterocycles. The predicted octanol–water partition coefficient (Wildman–Crippen LogP) is 4.26. The standard InChI is InChI=1S/C25H29N7O2/c1-5-6-11-22-21(24(32(4)28-22)34-25(33)31(2)3)16-17-12-14-18(15-13-17)19-9-7-8-10-20(19)23-26-29-30-27-23/h7-10,12-15H,5-6,11,16H2,1-4H3,(H,26,27,29,30). The maximum Gasteiger partial charge on any atom is 0.416 e. The number of benzene rings is 2. The lowest BCUT2D eigenvalue weighted by atomic mass is 9.96. The minimum atomic E-state index is -0.417. The molecule has 176 valence electrons. The fraction of sp³-hybridized carbons (Fsp3) is 0.320. The quantitative estimate of drug-likeness (QED) is 0.422. The van der Waals surface area contributed by atoms with Crippen molar-refractivity contribution < 1.29 is 9.53 Å². The number of hydrogen-bond donors (Lipinski definition) is 1. The second-order valence-electron chi connectivity index (χ2n) is 8.37. The third-order valence-electron chi connectivity index (χ3n) is 5.65. The molecule has 0 radical (unpaired) electrons. The van der Waals surface area contributed by atoms with Gasteiger partial charge in [-0.15, -0.1) is 10.2 Å². The van der Waals surface area contributed by atoms with E-state index < -0.39 is 6.09 Å². The molecule has 9 heteroatoms. The first-order valence-corrected chi connectivity index (χ1v) is 11.3. The lowest BCUT2D eigenvalue weighted by molar-refractivity contribution is 0.167. The zero-order chi connectivity index (χ0) is 24.1. The van der Waals surface area contributed by atoms with Crippen molar-refractivity contribution in [2.75, 3.05) is 14.1 Å². The summed E-state index contributed by atoms with van der Waals surface area (Å²) in [6.45, 7) is 2.15. The number of nitrogens with zero attached hydrogens (tertiary/aromatic N) is 6. The van der Waals surface area contributed by atoms with Gasteiger partial charge in [0.05, 0.1) is 5.69 Å². The number of aryl methyl sites for hydroxylation is 2. The molecular formula is C25H29N7O2. The number of rotatable bonds is 8. The number of carbonyl (C=O) groups is 1. The van der Waals surface area contributed by atoms with Gasteiger partial charge >= 0.3 is 6.09 Å². The van der Waals surface area contributed by atoms with Crippen molar-refractivity contribution in [1.29, 1.82) is 0 Å². The van der Waals surface area contributed by atoms with Crippen LogP contribution in [0.5, 0.6) is 5.88 Å². The smallest absolute Gasteiger partial charge is 0.391 e. The molecule has 0 fully saturated rings. The topological polar surface area (TPSA) is 102 Å². The second-order valence-corrected chi connectivity index (χ2v) is 8.37. The van der Waals surface area contributed by atoms with Crippen LogP contribution in [0.2, 0.25) is 0 Å². The molecule has 0 saturated carbocycles. The molecule has 2 aromatic heterocycles. The Hall–Kier alpha value is -4.01. The van der Waals surface area contributed by atoms with E-state index in [0.29, 0.717) is 18.1 Å². The van der Waals surface area contributed by atoms with Crippen molar-refractivity contribution >= 4 is 6.09 Å². The van der Waals surface area contributed by atoms with Gasteiger partial charge in [0.2, 0.25) is 11.7 Å². The van der Waals surface area contributed by atoms with Crippen LogP contribution >= 0.6 is 0 Å². The Morgan fingerprint density at radius 2 is 1.82 bits per heavy atom. The summed E-state index contributed by atoms with van der Waals surface area (Å²) in [5.41, 5.74) is 6.02. The van der Waals surface area contributed by atoms with Crippen molar-refractivity contribution in [3.05, 3.63) is 65.4 Å². The van der Waals surface area contributed by atoms with Crippen molar-refractivity contribution in [3.63, 3.8) is 0 Å². The normalized spacial score (nSPS) is 10.9. The van der Waals surface area contributed by atoms with Crippen molar-refractivity contribution in [3.8, 4) is 28.4 Å². The largest absolute Gasteiger partial charge is 0.416 e. The lowest BCUT2D eigenvalue weighted by Crippen LogP contribution is -2.26. The number of ether oxygens (including phenoxy) is 1. The van der Waals surface area contributed by atoms with Gasteiger partial charge in [-0.05, 0) is 34.7 Å². The summed E-state index contributed by atoms with van der Waals surface area (Å²) in [4.78, 5) is 13.7. The lowest BCUT2D eigenvalue weighted by Gasteiger charge is -2.13. The minimum absolute atomic E-state index is 0.417. The number of amides is 1. The molecule has 0 aliphatic carbocycles. The van der Waals surface area contributed by atoms with Gasteiger partial charge in [-0.1, -0.05) is 61.9 Å². The van der Waals surface area contributed by atoms with Gasteiger partial charge in [-0.3, -0.25) is 0 Å². The average Bonchev–Trinajstić information content (AvgIpc) is 3.48. The molecule has 0 aliphatic heterocycles. The van der Waals surface area contributed by atoms with Crippen LogP contribution < -0.4 is 4.74 Å². The Balaban J connectivity index is 1.63. The predicted molar refractivity (Wildman–Crippen MR) is 129 cm³/mol. The van der Waals surface area contributed by atoms with Gasteiger partial charge in [0, 0.05) is 38.7 Å². The summed E-state index contributed by atoms with van der Waals surface area (Å²) in [6, 6.07) is 16.3. The van der Waals surface area contributed by atoms with Crippen LogP contribution in [0.3, 0.4) is 0 Å². The van der Waals surface area contributed by atoms with Crippen molar-refractivity contribution in [1.82, 2.24) is 35.3 Å². The molecule has 0 aliphatic rings. The van der Waals surface area contributed by atoms with E-state index in [-0.39, 0.29) is 0 Å². The molecule has 9 nitrogen and oxygen atoms in total. The first-order valence-electron chi connectivity index (χ1n) is 11.3. The Bertz CT molecular complexity index is 1250. The third kappa shape index (κ3) is 4.98. The molecule has 0 spiro atoms. The molecule has 0 unspecified atom stereocenters. The van der Waals surface area contributed by atoms with E-state index in [1.165, 1.54) is 4.90 Å². The highest BCUT2D eigenvalue weighted by molar-refractivity contribution is 5.80. The van der Waals surface area contributed by atoms with Crippen molar-refractivity contribution in [2.45, 2.75) is 32.6 Å². The maximum absolute atomic E-state index is 12.3. The highest BCUT2D eigenvalue weighted by Crippen LogP contribution is 2.31. The van der Waals surface area contributed by atoms with Crippen LogP contribution in [0, 0.1) is 0 Å². The van der Waals surface area contributed by atoms with E-state index in [1.54, 1.807) is 18.8 Å². The van der Waals surface area contributed by atoms with Gasteiger partial charge in [0.15, 0.2) is 0 Å². The molecule has 1 amide bonds. The summed E-state index contributed by atoms with van der Waals surface area (Å²) >= 11 is 0. The maximum atomic E-state index is 12.3. The molecule has 0 atom stereocenters. The number of carbonyl (C=O) groups excluding carboxylic acids is 1. The summed E-state index contributed by atoms with van der Waals surface area (Å²) < 4.78 is 7.35. The van der Waals surface area contributed by atoms with Crippen LogP contribution in [0.15, 0.2) is 48.5 Å². The van der Waals surface area contributed by atoms with E-state index in [0.717, 1.165) is 52.8 Å². The number of aromatic nitrogens is 6. The minimum Gasteiger partial charge on any atom is -0.391 e. The number of hydrogen-bond acceptors (Lipinski definition) is 6. The van der Waals surface area contributed by atoms with Crippen molar-refractivity contribution in [2.24, 2.45) is 7.05 Å². The Morgan fingerprint density at radius 1 is 1.09 bits per heavy atom. The number of H-pyrrole nitrogens is 1. The monoisotopic (exact) mass is 459 g/mol. The fourth-order valence-electron chi connectivity index (χ4n) is 3.84. The Morgan fingerprint density at radius 3 is 2.47 bits per heavy atom. The summed E-state index contributed by atoms with van der Waals surface area (Å²) in [7, 11) is 5.15. The molecule has 2 aromatic carbocycles. The molecule has 2 heterocycles. The van der Waals surface area contributed by atoms with Gasteiger partial charge in [-0.25, -0.2) is 9.48 Å². The summed E-state index contributed by atoms with van der Waals surface area (Å²) in [5, 5.41) is 19.1. The zero-order valence-electron chi connectivity index (χ0n) is 19.9. The SMILES string of the molecule is CCCCc1nn(C)c(OC(=O)N(C)C)c1Cc1ccc(-c2ccccc2-c2nn[nH]n2)cc1. The van der Waals surface area contributed by atoms with Crippen LogP contribution in [0.4, 0.5) is 4.79 Å². The van der Waals surface area contributed by atoms with Gasteiger partial charge < -0.3 is 9.64 Å². The number of aromatic amines is 1. The molecular weight excluding hydrogens is 430 g/mol. The number of nitrogens with one attached hydrogen (secondary N) is 1. The van der Waals surface area contributed by atoms with Crippen LogP contribution in [0.1, 0.15) is 36.6 Å². The van der Waals surface area contributed by atoms with E-state index in [9.17, 15) is 4.79 Å².